The minimum absolute atomic E-state index is 0.313. The van der Waals surface area contributed by atoms with E-state index in [9.17, 15) is 9.59 Å². The van der Waals surface area contributed by atoms with Crippen molar-refractivity contribution in [1.29, 1.82) is 0 Å². The summed E-state index contributed by atoms with van der Waals surface area (Å²) in [5, 5.41) is 0. The predicted octanol–water partition coefficient (Wildman–Crippen LogP) is 2.28. The van der Waals surface area contributed by atoms with Gasteiger partial charge in [0.25, 0.3) is 0 Å². The Hall–Kier alpha value is -2.64. The van der Waals surface area contributed by atoms with Crippen LogP contribution in [0.25, 0.3) is 0 Å². The molecule has 0 aliphatic heterocycles. The van der Waals surface area contributed by atoms with E-state index in [1.54, 1.807) is 7.05 Å². The van der Waals surface area contributed by atoms with Crippen LogP contribution in [0.5, 0.6) is 0 Å². The molecule has 0 unspecified atom stereocenters. The molecule has 1 heterocycles. The highest BCUT2D eigenvalue weighted by molar-refractivity contribution is 5.69. The molecule has 0 fully saturated rings. The maximum atomic E-state index is 11.5. The second-order valence-corrected chi connectivity index (χ2v) is 4.35. The van der Waals surface area contributed by atoms with Gasteiger partial charge in [0.2, 0.25) is 0 Å². The van der Waals surface area contributed by atoms with Crippen LogP contribution in [0.1, 0.15) is 19.3 Å². The SMILES string of the molecule is C=N/C=C\N(C)C(=O)OCCCCCOC(=O)n1ccnc1. The van der Waals surface area contributed by atoms with Gasteiger partial charge in [0.05, 0.1) is 13.2 Å². The molecule has 0 N–H and O–H groups in total. The quantitative estimate of drug-likeness (QED) is 0.543. The van der Waals surface area contributed by atoms with Crippen molar-refractivity contribution in [3.8, 4) is 0 Å². The normalized spacial score (nSPS) is 10.4. The number of nitrogens with zero attached hydrogens (tertiary/aromatic N) is 4. The van der Waals surface area contributed by atoms with Gasteiger partial charge in [-0.3, -0.25) is 9.89 Å². The number of aliphatic imine (C=N–C) groups is 1. The fourth-order valence-corrected chi connectivity index (χ4v) is 1.45. The van der Waals surface area contributed by atoms with Crippen molar-refractivity contribution >= 4 is 18.9 Å². The summed E-state index contributed by atoms with van der Waals surface area (Å²) in [6, 6.07) is 0. The van der Waals surface area contributed by atoms with Crippen LogP contribution in [0, 0.1) is 0 Å². The molecule has 0 saturated carbocycles. The van der Waals surface area contributed by atoms with E-state index in [0.29, 0.717) is 26.1 Å². The van der Waals surface area contributed by atoms with Crippen LogP contribution in [0.3, 0.4) is 0 Å². The molecule has 8 nitrogen and oxygen atoms in total. The number of ether oxygens (including phenoxy) is 2. The third-order valence-corrected chi connectivity index (χ3v) is 2.64. The van der Waals surface area contributed by atoms with Gasteiger partial charge in [-0.15, -0.1) is 0 Å². The van der Waals surface area contributed by atoms with Crippen molar-refractivity contribution in [3.05, 3.63) is 31.1 Å². The second-order valence-electron chi connectivity index (χ2n) is 4.35. The average molecular weight is 308 g/mol. The van der Waals surface area contributed by atoms with Gasteiger partial charge in [-0.05, 0) is 26.0 Å². The Morgan fingerprint density at radius 2 is 2.05 bits per heavy atom. The molecule has 8 heteroatoms. The minimum Gasteiger partial charge on any atom is -0.449 e. The summed E-state index contributed by atoms with van der Waals surface area (Å²) in [7, 11) is 1.57. The number of amides is 1. The smallest absolute Gasteiger partial charge is 0.419 e. The van der Waals surface area contributed by atoms with Crippen LogP contribution in [-0.2, 0) is 9.47 Å². The van der Waals surface area contributed by atoms with E-state index < -0.39 is 12.2 Å². The molecule has 0 bridgehead atoms. The summed E-state index contributed by atoms with van der Waals surface area (Å²) in [4.78, 5) is 31.5. The van der Waals surface area contributed by atoms with Crippen molar-refractivity contribution < 1.29 is 19.1 Å². The lowest BCUT2D eigenvalue weighted by Crippen LogP contribution is -2.22. The number of unbranched alkanes of at least 4 members (excludes halogenated alkanes) is 2. The van der Waals surface area contributed by atoms with Gasteiger partial charge in [0.15, 0.2) is 0 Å². The Morgan fingerprint density at radius 1 is 1.32 bits per heavy atom. The molecule has 1 amide bonds. The topological polar surface area (TPSA) is 86.0 Å². The number of carbonyl (C=O) groups is 2. The van der Waals surface area contributed by atoms with Crippen LogP contribution in [0.15, 0.2) is 36.1 Å². The number of rotatable bonds is 8. The molecule has 0 saturated heterocycles. The second kappa shape index (κ2) is 10.1. The summed E-state index contributed by atoms with van der Waals surface area (Å²) < 4.78 is 11.3. The Balaban J connectivity index is 2.01. The standard InChI is InChI=1S/C14H20N4O4/c1-15-6-8-17(2)13(19)21-10-4-3-5-11-22-14(20)18-9-7-16-12-18/h6-9,12H,1,3-5,10-11H2,2H3/b8-6-. The van der Waals surface area contributed by atoms with Gasteiger partial charge in [-0.2, -0.15) is 0 Å². The van der Waals surface area contributed by atoms with E-state index in [0.717, 1.165) is 6.42 Å². The van der Waals surface area contributed by atoms with Crippen molar-refractivity contribution in [1.82, 2.24) is 14.5 Å². The third kappa shape index (κ3) is 6.69. The molecule has 1 aromatic rings. The monoisotopic (exact) mass is 308 g/mol. The molecule has 0 radical (unpaired) electrons. The molecular weight excluding hydrogens is 288 g/mol. The van der Waals surface area contributed by atoms with Crippen molar-refractivity contribution in [3.63, 3.8) is 0 Å². The Morgan fingerprint density at radius 3 is 2.68 bits per heavy atom. The summed E-state index contributed by atoms with van der Waals surface area (Å²) in [5.74, 6) is 0. The first-order chi connectivity index (χ1) is 10.6. The van der Waals surface area contributed by atoms with Crippen molar-refractivity contribution in [2.45, 2.75) is 19.3 Å². The van der Waals surface area contributed by atoms with Crippen LogP contribution < -0.4 is 0 Å². The molecule has 22 heavy (non-hydrogen) atoms. The summed E-state index contributed by atoms with van der Waals surface area (Å²) in [6.45, 7) is 3.90. The van der Waals surface area contributed by atoms with Crippen molar-refractivity contribution in [2.24, 2.45) is 4.99 Å². The first-order valence-corrected chi connectivity index (χ1v) is 6.82. The molecular formula is C14H20N4O4. The van der Waals surface area contributed by atoms with E-state index in [4.69, 9.17) is 9.47 Å². The lowest BCUT2D eigenvalue weighted by Gasteiger charge is -2.11. The van der Waals surface area contributed by atoms with E-state index in [2.05, 4.69) is 16.7 Å². The van der Waals surface area contributed by atoms with Crippen LogP contribution >= 0.6 is 0 Å². The molecule has 0 spiro atoms. The lowest BCUT2D eigenvalue weighted by atomic mass is 10.2. The Bertz CT molecular complexity index is 499. The highest BCUT2D eigenvalue weighted by atomic mass is 16.6. The number of hydrogen-bond acceptors (Lipinski definition) is 6. The molecule has 0 aliphatic rings. The van der Waals surface area contributed by atoms with Gasteiger partial charge >= 0.3 is 12.2 Å². The first kappa shape index (κ1) is 17.4. The zero-order chi connectivity index (χ0) is 16.2. The third-order valence-electron chi connectivity index (χ3n) is 2.64. The zero-order valence-corrected chi connectivity index (χ0v) is 12.6. The van der Waals surface area contributed by atoms with Crippen LogP contribution in [0.2, 0.25) is 0 Å². The minimum atomic E-state index is -0.452. The molecule has 120 valence electrons. The van der Waals surface area contributed by atoms with Gasteiger partial charge < -0.3 is 9.47 Å². The van der Waals surface area contributed by atoms with E-state index in [1.807, 2.05) is 0 Å². The lowest BCUT2D eigenvalue weighted by molar-refractivity contribution is 0.119. The largest absolute Gasteiger partial charge is 0.449 e. The fourth-order valence-electron chi connectivity index (χ4n) is 1.45. The molecule has 1 rings (SSSR count). The molecule has 0 atom stereocenters. The average Bonchev–Trinajstić information content (AvgIpc) is 3.05. The maximum Gasteiger partial charge on any atom is 0.419 e. The van der Waals surface area contributed by atoms with E-state index in [-0.39, 0.29) is 0 Å². The predicted molar refractivity (Wildman–Crippen MR) is 80.6 cm³/mol. The van der Waals surface area contributed by atoms with Crippen molar-refractivity contribution in [2.75, 3.05) is 20.3 Å². The van der Waals surface area contributed by atoms with Gasteiger partial charge in [-0.1, -0.05) is 0 Å². The number of hydrogen-bond donors (Lipinski definition) is 0. The number of carbonyl (C=O) groups excluding carboxylic acids is 2. The van der Waals surface area contributed by atoms with E-state index >= 15 is 0 Å². The molecule has 0 aromatic carbocycles. The molecule has 1 aromatic heterocycles. The number of imidazole rings is 1. The Kier molecular flexibility index (Phi) is 8.02. The Labute approximate surface area is 129 Å². The molecule has 0 aliphatic carbocycles. The summed E-state index contributed by atoms with van der Waals surface area (Å²) >= 11 is 0. The highest BCUT2D eigenvalue weighted by Gasteiger charge is 2.06. The maximum absolute atomic E-state index is 11.5. The zero-order valence-electron chi connectivity index (χ0n) is 12.6. The summed E-state index contributed by atoms with van der Waals surface area (Å²) in [6.07, 6.45) is 8.56. The van der Waals surface area contributed by atoms with Crippen LogP contribution in [-0.4, -0.2) is 53.6 Å². The van der Waals surface area contributed by atoms with Gasteiger partial charge in [0.1, 0.15) is 6.33 Å². The fraction of sp³-hybridized carbons (Fsp3) is 0.429. The van der Waals surface area contributed by atoms with Crippen LogP contribution in [0.4, 0.5) is 9.59 Å². The van der Waals surface area contributed by atoms with E-state index in [1.165, 1.54) is 40.6 Å². The van der Waals surface area contributed by atoms with Gasteiger partial charge in [0, 0.05) is 31.8 Å². The first-order valence-electron chi connectivity index (χ1n) is 6.82. The summed E-state index contributed by atoms with van der Waals surface area (Å²) in [5.41, 5.74) is 0. The highest BCUT2D eigenvalue weighted by Crippen LogP contribution is 2.00. The number of aromatic nitrogens is 2. The van der Waals surface area contributed by atoms with Gasteiger partial charge in [-0.25, -0.2) is 19.1 Å².